The Labute approximate surface area is 156 Å². The molecule has 3 rings (SSSR count). The lowest BCUT2D eigenvalue weighted by atomic mass is 10.00. The molecule has 2 aromatic rings. The van der Waals surface area contributed by atoms with Gasteiger partial charge in [-0.3, -0.25) is 14.9 Å². The van der Waals surface area contributed by atoms with Crippen LogP contribution in [0, 0.1) is 17.0 Å². The number of non-ortho nitro benzene ring substituents is 1. The van der Waals surface area contributed by atoms with Gasteiger partial charge in [-0.1, -0.05) is 11.3 Å². The number of benzene rings is 1. The zero-order valence-electron chi connectivity index (χ0n) is 14.5. The first kappa shape index (κ1) is 19.8. The number of hydrogen-bond acceptors (Lipinski definition) is 6. The third-order valence-corrected chi connectivity index (χ3v) is 4.47. The Kier molecular flexibility index (Phi) is 6.27. The van der Waals surface area contributed by atoms with E-state index in [2.05, 4.69) is 20.9 Å². The fourth-order valence-electron chi connectivity index (χ4n) is 3.00. The predicted molar refractivity (Wildman–Crippen MR) is 98.0 cm³/mol. The molecule has 1 aromatic heterocycles. The Balaban J connectivity index is 0.00000243. The van der Waals surface area contributed by atoms with Crippen LogP contribution in [0.15, 0.2) is 24.3 Å². The summed E-state index contributed by atoms with van der Waals surface area (Å²) in [4.78, 5) is 23.0. The summed E-state index contributed by atoms with van der Waals surface area (Å²) in [6.07, 6.45) is 1.92. The summed E-state index contributed by atoms with van der Waals surface area (Å²) >= 11 is 0. The summed E-state index contributed by atoms with van der Waals surface area (Å²) in [6.45, 7) is 4.71. The third kappa shape index (κ3) is 4.00. The molecular weight excluding hydrogens is 360 g/mol. The Morgan fingerprint density at radius 1 is 1.46 bits per heavy atom. The molecule has 140 valence electrons. The van der Waals surface area contributed by atoms with E-state index in [9.17, 15) is 14.9 Å². The SMILES string of the molecule is Cc1c(C(=O)NC2CCCNC2C)nnn1-c1cccc([N+](=O)[O-])c1.Cl. The molecule has 2 N–H and O–H groups in total. The van der Waals surface area contributed by atoms with Crippen molar-refractivity contribution in [1.29, 1.82) is 0 Å². The highest BCUT2D eigenvalue weighted by molar-refractivity contribution is 5.93. The van der Waals surface area contributed by atoms with Gasteiger partial charge in [0.25, 0.3) is 11.6 Å². The number of piperidine rings is 1. The molecule has 26 heavy (non-hydrogen) atoms. The molecule has 2 atom stereocenters. The second kappa shape index (κ2) is 8.24. The van der Waals surface area contributed by atoms with Gasteiger partial charge >= 0.3 is 0 Å². The van der Waals surface area contributed by atoms with Crippen LogP contribution in [0.1, 0.15) is 35.9 Å². The van der Waals surface area contributed by atoms with Crippen LogP contribution in [-0.2, 0) is 0 Å². The van der Waals surface area contributed by atoms with E-state index in [1.165, 1.54) is 16.8 Å². The average molecular weight is 381 g/mol. The molecule has 0 spiro atoms. The van der Waals surface area contributed by atoms with E-state index in [0.717, 1.165) is 19.4 Å². The molecule has 1 aliphatic heterocycles. The van der Waals surface area contributed by atoms with Crippen LogP contribution in [0.5, 0.6) is 0 Å². The van der Waals surface area contributed by atoms with Crippen molar-refractivity contribution in [3.05, 3.63) is 45.8 Å². The van der Waals surface area contributed by atoms with E-state index in [4.69, 9.17) is 0 Å². The van der Waals surface area contributed by atoms with E-state index in [1.807, 2.05) is 6.92 Å². The van der Waals surface area contributed by atoms with E-state index in [0.29, 0.717) is 11.4 Å². The molecule has 1 amide bonds. The normalized spacial score (nSPS) is 19.5. The highest BCUT2D eigenvalue weighted by Crippen LogP contribution is 2.18. The van der Waals surface area contributed by atoms with Crippen LogP contribution in [-0.4, -0.2) is 44.5 Å². The lowest BCUT2D eigenvalue weighted by Crippen LogP contribution is -2.52. The van der Waals surface area contributed by atoms with E-state index in [1.54, 1.807) is 19.1 Å². The standard InChI is InChI=1S/C16H20N6O3.ClH/c1-10-14(7-4-8-17-10)18-16(23)15-11(2)21(20-19-15)12-5-3-6-13(9-12)22(24)25;/h3,5-6,9-10,14,17H,4,7-8H2,1-2H3,(H,18,23);1H. The Morgan fingerprint density at radius 3 is 2.92 bits per heavy atom. The number of nitrogens with one attached hydrogen (secondary N) is 2. The molecule has 1 fully saturated rings. The van der Waals surface area contributed by atoms with Crippen molar-refractivity contribution in [1.82, 2.24) is 25.6 Å². The van der Waals surface area contributed by atoms with Gasteiger partial charge in [-0.2, -0.15) is 0 Å². The predicted octanol–water partition coefficient (Wildman–Crippen LogP) is 1.78. The summed E-state index contributed by atoms with van der Waals surface area (Å²) in [5, 5.41) is 25.2. The number of carbonyl (C=O) groups excluding carboxylic acids is 1. The maximum atomic E-state index is 12.5. The van der Waals surface area contributed by atoms with Gasteiger partial charge in [0.15, 0.2) is 5.69 Å². The Morgan fingerprint density at radius 2 is 2.23 bits per heavy atom. The lowest BCUT2D eigenvalue weighted by molar-refractivity contribution is -0.384. The number of rotatable bonds is 4. The van der Waals surface area contributed by atoms with Gasteiger partial charge in [0.05, 0.1) is 16.3 Å². The highest BCUT2D eigenvalue weighted by atomic mass is 35.5. The molecule has 1 aromatic carbocycles. The van der Waals surface area contributed by atoms with Crippen molar-refractivity contribution in [3.63, 3.8) is 0 Å². The van der Waals surface area contributed by atoms with E-state index in [-0.39, 0.29) is 41.8 Å². The molecule has 9 nitrogen and oxygen atoms in total. The highest BCUT2D eigenvalue weighted by Gasteiger charge is 2.25. The van der Waals surface area contributed by atoms with Crippen molar-refractivity contribution in [3.8, 4) is 5.69 Å². The number of halogens is 1. The first-order valence-corrected chi connectivity index (χ1v) is 8.18. The van der Waals surface area contributed by atoms with Crippen LogP contribution in [0.2, 0.25) is 0 Å². The van der Waals surface area contributed by atoms with Gasteiger partial charge < -0.3 is 10.6 Å². The van der Waals surface area contributed by atoms with Gasteiger partial charge in [0, 0.05) is 24.2 Å². The minimum absolute atomic E-state index is 0. The number of carbonyl (C=O) groups is 1. The summed E-state index contributed by atoms with van der Waals surface area (Å²) < 4.78 is 1.43. The summed E-state index contributed by atoms with van der Waals surface area (Å²) in [7, 11) is 0. The third-order valence-electron chi connectivity index (χ3n) is 4.47. The first-order valence-electron chi connectivity index (χ1n) is 8.18. The molecule has 10 heteroatoms. The minimum Gasteiger partial charge on any atom is -0.346 e. The smallest absolute Gasteiger partial charge is 0.274 e. The van der Waals surface area contributed by atoms with Crippen molar-refractivity contribution < 1.29 is 9.72 Å². The van der Waals surface area contributed by atoms with Crippen LogP contribution in [0.3, 0.4) is 0 Å². The van der Waals surface area contributed by atoms with Gasteiger partial charge in [-0.25, -0.2) is 4.68 Å². The first-order chi connectivity index (χ1) is 12.0. The summed E-state index contributed by atoms with van der Waals surface area (Å²) in [5.41, 5.74) is 1.21. The number of nitro benzene ring substituents is 1. The molecule has 0 saturated carbocycles. The van der Waals surface area contributed by atoms with Crippen LogP contribution in [0.4, 0.5) is 5.69 Å². The second-order valence-corrected chi connectivity index (χ2v) is 6.18. The van der Waals surface area contributed by atoms with Gasteiger partial charge in [-0.05, 0) is 39.3 Å². The average Bonchev–Trinajstić information content (AvgIpc) is 2.98. The van der Waals surface area contributed by atoms with Crippen LogP contribution >= 0.6 is 12.4 Å². The number of aromatic nitrogens is 3. The number of nitrogens with zero attached hydrogens (tertiary/aromatic N) is 4. The molecule has 0 bridgehead atoms. The van der Waals surface area contributed by atoms with E-state index >= 15 is 0 Å². The topological polar surface area (TPSA) is 115 Å². The monoisotopic (exact) mass is 380 g/mol. The lowest BCUT2D eigenvalue weighted by Gasteiger charge is -2.30. The largest absolute Gasteiger partial charge is 0.346 e. The zero-order chi connectivity index (χ0) is 18.0. The van der Waals surface area contributed by atoms with Crippen molar-refractivity contribution >= 4 is 24.0 Å². The number of amides is 1. The molecular formula is C16H21ClN6O3. The Bertz CT molecular complexity index is 809. The zero-order valence-corrected chi connectivity index (χ0v) is 15.3. The quantitative estimate of drug-likeness (QED) is 0.617. The van der Waals surface area contributed by atoms with E-state index < -0.39 is 4.92 Å². The number of hydrogen-bond donors (Lipinski definition) is 2. The van der Waals surface area contributed by atoms with Crippen LogP contribution < -0.4 is 10.6 Å². The molecule has 2 heterocycles. The maximum absolute atomic E-state index is 12.5. The molecule has 1 saturated heterocycles. The fraction of sp³-hybridized carbons (Fsp3) is 0.438. The summed E-state index contributed by atoms with van der Waals surface area (Å²) in [5.74, 6) is -0.283. The van der Waals surface area contributed by atoms with Gasteiger partial charge in [0.2, 0.25) is 0 Å². The molecule has 2 unspecified atom stereocenters. The number of nitro groups is 1. The van der Waals surface area contributed by atoms with Crippen molar-refractivity contribution in [2.24, 2.45) is 0 Å². The fourth-order valence-corrected chi connectivity index (χ4v) is 3.00. The molecule has 0 aliphatic carbocycles. The molecule has 0 radical (unpaired) electrons. The minimum atomic E-state index is -0.471. The van der Waals surface area contributed by atoms with Gasteiger partial charge in [-0.15, -0.1) is 17.5 Å². The maximum Gasteiger partial charge on any atom is 0.274 e. The molecule has 1 aliphatic rings. The van der Waals surface area contributed by atoms with Crippen molar-refractivity contribution in [2.75, 3.05) is 6.54 Å². The van der Waals surface area contributed by atoms with Crippen molar-refractivity contribution in [2.45, 2.75) is 38.8 Å². The summed E-state index contributed by atoms with van der Waals surface area (Å²) in [6, 6.07) is 6.30. The van der Waals surface area contributed by atoms with Crippen LogP contribution in [0.25, 0.3) is 5.69 Å². The van der Waals surface area contributed by atoms with Gasteiger partial charge in [0.1, 0.15) is 0 Å². The second-order valence-electron chi connectivity index (χ2n) is 6.18. The Hall–Kier alpha value is -2.52.